The average Bonchev–Trinajstić information content (AvgIpc) is 3.04. The molecule has 2 heterocycles. The van der Waals surface area contributed by atoms with Crippen molar-refractivity contribution >= 4 is 5.78 Å². The number of ketones is 1. The van der Waals surface area contributed by atoms with Gasteiger partial charge in [-0.25, -0.2) is 9.67 Å². The van der Waals surface area contributed by atoms with Crippen molar-refractivity contribution in [2.75, 3.05) is 19.8 Å². The summed E-state index contributed by atoms with van der Waals surface area (Å²) in [6.07, 6.45) is 2.90. The lowest BCUT2D eigenvalue weighted by Crippen LogP contribution is -2.40. The maximum Gasteiger partial charge on any atom is 0.147 e. The molecule has 2 rings (SSSR count). The molecular weight excluding hydrogens is 244 g/mol. The monoisotopic (exact) mass is 266 g/mol. The van der Waals surface area contributed by atoms with Crippen molar-refractivity contribution in [3.05, 3.63) is 12.2 Å². The van der Waals surface area contributed by atoms with Crippen molar-refractivity contribution in [2.24, 2.45) is 5.92 Å². The summed E-state index contributed by atoms with van der Waals surface area (Å²) in [5.41, 5.74) is 0. The summed E-state index contributed by atoms with van der Waals surface area (Å²) in [6.45, 7) is 6.90. The fourth-order valence-corrected chi connectivity index (χ4v) is 2.38. The zero-order valence-electron chi connectivity index (χ0n) is 11.6. The Balaban J connectivity index is 1.95. The number of nitrogens with one attached hydrogen (secondary N) is 1. The minimum atomic E-state index is -0.0615. The SMILES string of the molecule is CCCNC1COCC1C(=O)Cc1ncnn1CC. The molecule has 19 heavy (non-hydrogen) atoms. The Kier molecular flexibility index (Phi) is 5.04. The summed E-state index contributed by atoms with van der Waals surface area (Å²) in [6, 6.07) is 0.144. The van der Waals surface area contributed by atoms with E-state index in [0.717, 1.165) is 25.3 Å². The number of Topliss-reactive ketones (excluding diaryl/α,β-unsaturated/α-hetero) is 1. The van der Waals surface area contributed by atoms with Crippen LogP contribution in [0.2, 0.25) is 0 Å². The van der Waals surface area contributed by atoms with Crippen LogP contribution in [0.1, 0.15) is 26.1 Å². The second kappa shape index (κ2) is 6.77. The number of nitrogens with zero attached hydrogens (tertiary/aromatic N) is 3. The smallest absolute Gasteiger partial charge is 0.147 e. The number of carbonyl (C=O) groups excluding carboxylic acids is 1. The molecule has 1 aliphatic heterocycles. The lowest BCUT2D eigenvalue weighted by molar-refractivity contribution is -0.122. The third-order valence-corrected chi connectivity index (χ3v) is 3.48. The second-order valence-corrected chi connectivity index (χ2v) is 4.84. The summed E-state index contributed by atoms with van der Waals surface area (Å²) in [4.78, 5) is 16.5. The van der Waals surface area contributed by atoms with E-state index in [0.29, 0.717) is 19.6 Å². The fraction of sp³-hybridized carbons (Fsp3) is 0.769. The predicted octanol–water partition coefficient (Wildman–Crippen LogP) is 0.424. The molecule has 6 nitrogen and oxygen atoms in total. The molecule has 2 unspecified atom stereocenters. The maximum absolute atomic E-state index is 12.4. The van der Waals surface area contributed by atoms with Crippen molar-refractivity contribution in [1.82, 2.24) is 20.1 Å². The van der Waals surface area contributed by atoms with Crippen molar-refractivity contribution in [2.45, 2.75) is 39.3 Å². The maximum atomic E-state index is 12.4. The summed E-state index contributed by atoms with van der Waals surface area (Å²) in [5, 5.41) is 7.47. The van der Waals surface area contributed by atoms with Gasteiger partial charge >= 0.3 is 0 Å². The van der Waals surface area contributed by atoms with E-state index in [-0.39, 0.29) is 17.7 Å². The highest BCUT2D eigenvalue weighted by atomic mass is 16.5. The van der Waals surface area contributed by atoms with Gasteiger partial charge in [0.1, 0.15) is 17.9 Å². The van der Waals surface area contributed by atoms with Crippen LogP contribution in [0.3, 0.4) is 0 Å². The number of hydrogen-bond donors (Lipinski definition) is 1. The molecule has 0 aromatic carbocycles. The average molecular weight is 266 g/mol. The summed E-state index contributed by atoms with van der Waals surface area (Å²) in [5.74, 6) is 0.871. The normalized spacial score (nSPS) is 22.8. The minimum Gasteiger partial charge on any atom is -0.379 e. The van der Waals surface area contributed by atoms with Crippen LogP contribution in [0.4, 0.5) is 0 Å². The van der Waals surface area contributed by atoms with Gasteiger partial charge in [-0.15, -0.1) is 0 Å². The Morgan fingerprint density at radius 2 is 2.37 bits per heavy atom. The molecule has 0 saturated carbocycles. The molecular formula is C13H22N4O2. The first-order chi connectivity index (χ1) is 9.26. The molecule has 2 atom stereocenters. The van der Waals surface area contributed by atoms with Crippen LogP contribution in [-0.2, 0) is 22.5 Å². The molecule has 1 aliphatic rings. The summed E-state index contributed by atoms with van der Waals surface area (Å²) in [7, 11) is 0. The molecule has 0 aliphatic carbocycles. The van der Waals surface area contributed by atoms with E-state index in [1.807, 2.05) is 6.92 Å². The van der Waals surface area contributed by atoms with E-state index in [2.05, 4.69) is 22.3 Å². The molecule has 0 bridgehead atoms. The van der Waals surface area contributed by atoms with Gasteiger partial charge in [-0.2, -0.15) is 5.10 Å². The van der Waals surface area contributed by atoms with Crippen LogP contribution in [0, 0.1) is 5.92 Å². The van der Waals surface area contributed by atoms with Crippen LogP contribution in [0.25, 0.3) is 0 Å². The van der Waals surface area contributed by atoms with Crippen LogP contribution >= 0.6 is 0 Å². The molecule has 106 valence electrons. The van der Waals surface area contributed by atoms with Crippen LogP contribution in [0.15, 0.2) is 6.33 Å². The van der Waals surface area contributed by atoms with Crippen molar-refractivity contribution in [3.8, 4) is 0 Å². The number of carbonyl (C=O) groups is 1. The lowest BCUT2D eigenvalue weighted by Gasteiger charge is -2.17. The van der Waals surface area contributed by atoms with Gasteiger partial charge in [0.25, 0.3) is 0 Å². The summed E-state index contributed by atoms with van der Waals surface area (Å²) < 4.78 is 7.20. The largest absolute Gasteiger partial charge is 0.379 e. The molecule has 0 spiro atoms. The topological polar surface area (TPSA) is 69.0 Å². The van der Waals surface area contributed by atoms with Crippen LogP contribution in [0.5, 0.6) is 0 Å². The van der Waals surface area contributed by atoms with Crippen LogP contribution in [-0.4, -0.2) is 46.3 Å². The first kappa shape index (κ1) is 14.1. The highest BCUT2D eigenvalue weighted by molar-refractivity contribution is 5.83. The molecule has 1 aromatic rings. The lowest BCUT2D eigenvalue weighted by atomic mass is 9.96. The third-order valence-electron chi connectivity index (χ3n) is 3.48. The van der Waals surface area contributed by atoms with E-state index in [4.69, 9.17) is 4.74 Å². The number of rotatable bonds is 7. The Hall–Kier alpha value is -1.27. The van der Waals surface area contributed by atoms with E-state index in [1.54, 1.807) is 4.68 Å². The van der Waals surface area contributed by atoms with Crippen LogP contribution < -0.4 is 5.32 Å². The predicted molar refractivity (Wildman–Crippen MR) is 70.8 cm³/mol. The Bertz CT molecular complexity index is 419. The Morgan fingerprint density at radius 1 is 1.53 bits per heavy atom. The van der Waals surface area contributed by atoms with E-state index in [9.17, 15) is 4.79 Å². The minimum absolute atomic E-state index is 0.0615. The Labute approximate surface area is 113 Å². The van der Waals surface area contributed by atoms with Gasteiger partial charge in [0, 0.05) is 12.6 Å². The highest BCUT2D eigenvalue weighted by Gasteiger charge is 2.33. The van der Waals surface area contributed by atoms with Gasteiger partial charge in [-0.3, -0.25) is 4.79 Å². The van der Waals surface area contributed by atoms with E-state index < -0.39 is 0 Å². The quantitative estimate of drug-likeness (QED) is 0.775. The third kappa shape index (κ3) is 3.39. The van der Waals surface area contributed by atoms with Gasteiger partial charge in [-0.05, 0) is 19.9 Å². The van der Waals surface area contributed by atoms with Gasteiger partial charge in [0.15, 0.2) is 0 Å². The standard InChI is InChI=1S/C13H22N4O2/c1-3-5-14-11-8-19-7-10(11)12(18)6-13-15-9-16-17(13)4-2/h9-11,14H,3-8H2,1-2H3. The first-order valence-electron chi connectivity index (χ1n) is 6.96. The van der Waals surface area contributed by atoms with Crippen molar-refractivity contribution in [3.63, 3.8) is 0 Å². The Morgan fingerprint density at radius 3 is 3.11 bits per heavy atom. The van der Waals surface area contributed by atoms with Crippen molar-refractivity contribution in [1.29, 1.82) is 0 Å². The molecule has 6 heteroatoms. The van der Waals surface area contributed by atoms with Gasteiger partial charge in [0.05, 0.1) is 25.6 Å². The number of aryl methyl sites for hydroxylation is 1. The van der Waals surface area contributed by atoms with Gasteiger partial charge in [-0.1, -0.05) is 6.92 Å². The second-order valence-electron chi connectivity index (χ2n) is 4.84. The molecule has 1 saturated heterocycles. The molecule has 1 N–H and O–H groups in total. The number of aromatic nitrogens is 3. The number of hydrogen-bond acceptors (Lipinski definition) is 5. The van der Waals surface area contributed by atoms with E-state index in [1.165, 1.54) is 6.33 Å². The fourth-order valence-electron chi connectivity index (χ4n) is 2.38. The zero-order chi connectivity index (χ0) is 13.7. The number of ether oxygens (including phenoxy) is 1. The van der Waals surface area contributed by atoms with Gasteiger partial charge in [0.2, 0.25) is 0 Å². The molecule has 1 aromatic heterocycles. The van der Waals surface area contributed by atoms with E-state index >= 15 is 0 Å². The zero-order valence-corrected chi connectivity index (χ0v) is 11.6. The summed E-state index contributed by atoms with van der Waals surface area (Å²) >= 11 is 0. The molecule has 0 radical (unpaired) electrons. The van der Waals surface area contributed by atoms with Gasteiger partial charge < -0.3 is 10.1 Å². The van der Waals surface area contributed by atoms with Crippen molar-refractivity contribution < 1.29 is 9.53 Å². The molecule has 1 fully saturated rings. The molecule has 0 amide bonds. The highest BCUT2D eigenvalue weighted by Crippen LogP contribution is 2.16. The first-order valence-corrected chi connectivity index (χ1v) is 6.96.